The van der Waals surface area contributed by atoms with Gasteiger partial charge in [-0.25, -0.2) is 4.98 Å². The van der Waals surface area contributed by atoms with Crippen molar-refractivity contribution in [3.8, 4) is 0 Å². The molecule has 5 heteroatoms. The monoisotopic (exact) mass is 317 g/mol. The van der Waals surface area contributed by atoms with E-state index in [2.05, 4.69) is 46.8 Å². The first-order chi connectivity index (χ1) is 10.6. The van der Waals surface area contributed by atoms with Crippen LogP contribution in [0, 0.1) is 13.8 Å². The van der Waals surface area contributed by atoms with E-state index >= 15 is 0 Å². The first-order valence-corrected chi connectivity index (χ1v) is 8.63. The van der Waals surface area contributed by atoms with Crippen molar-refractivity contribution >= 4 is 16.5 Å². The van der Waals surface area contributed by atoms with Crippen LogP contribution in [0.4, 0.5) is 5.13 Å². The molecule has 1 aromatic carbocycles. The van der Waals surface area contributed by atoms with E-state index in [0.29, 0.717) is 6.54 Å². The number of thiazole rings is 1. The van der Waals surface area contributed by atoms with Crippen LogP contribution in [0.2, 0.25) is 0 Å². The highest BCUT2D eigenvalue weighted by Gasteiger charge is 2.21. The van der Waals surface area contributed by atoms with E-state index in [1.165, 1.54) is 11.1 Å². The van der Waals surface area contributed by atoms with E-state index < -0.39 is 6.10 Å². The maximum absolute atomic E-state index is 10.5. The molecule has 4 nitrogen and oxygen atoms in total. The van der Waals surface area contributed by atoms with Crippen molar-refractivity contribution in [3.05, 3.63) is 46.5 Å². The van der Waals surface area contributed by atoms with Gasteiger partial charge in [0, 0.05) is 44.3 Å². The van der Waals surface area contributed by atoms with E-state index in [1.54, 1.807) is 11.3 Å². The molecular weight excluding hydrogens is 294 g/mol. The van der Waals surface area contributed by atoms with E-state index in [-0.39, 0.29) is 0 Å². The van der Waals surface area contributed by atoms with Gasteiger partial charge in [-0.15, -0.1) is 11.3 Å². The third-order valence-corrected chi connectivity index (χ3v) is 5.11. The Morgan fingerprint density at radius 1 is 1.23 bits per heavy atom. The number of aliphatic hydroxyl groups is 1. The van der Waals surface area contributed by atoms with Gasteiger partial charge >= 0.3 is 0 Å². The van der Waals surface area contributed by atoms with Crippen molar-refractivity contribution in [2.75, 3.05) is 37.6 Å². The number of hydrogen-bond donors (Lipinski definition) is 1. The van der Waals surface area contributed by atoms with Gasteiger partial charge < -0.3 is 10.0 Å². The number of anilines is 1. The van der Waals surface area contributed by atoms with Gasteiger partial charge in [-0.05, 0) is 25.0 Å². The van der Waals surface area contributed by atoms with Crippen LogP contribution in [0.15, 0.2) is 29.8 Å². The topological polar surface area (TPSA) is 39.6 Å². The summed E-state index contributed by atoms with van der Waals surface area (Å²) >= 11 is 1.69. The zero-order chi connectivity index (χ0) is 15.5. The van der Waals surface area contributed by atoms with Crippen LogP contribution < -0.4 is 4.90 Å². The third-order valence-electron chi connectivity index (χ3n) is 4.28. The van der Waals surface area contributed by atoms with Crippen molar-refractivity contribution in [1.82, 2.24) is 9.88 Å². The minimum absolute atomic E-state index is 0.410. The molecule has 0 saturated carbocycles. The number of aryl methyl sites for hydroxylation is 2. The van der Waals surface area contributed by atoms with Gasteiger partial charge in [0.1, 0.15) is 0 Å². The Morgan fingerprint density at radius 2 is 2.00 bits per heavy atom. The zero-order valence-corrected chi connectivity index (χ0v) is 14.0. The van der Waals surface area contributed by atoms with Crippen LogP contribution in [0.3, 0.4) is 0 Å². The molecule has 1 aromatic heterocycles. The Morgan fingerprint density at radius 3 is 2.64 bits per heavy atom. The molecule has 22 heavy (non-hydrogen) atoms. The standard InChI is InChI=1S/C17H23N3OS/c1-13-3-4-15(14(2)11-13)16(21)12-19-6-8-20(9-7-19)17-18-5-10-22-17/h3-5,10-11,16,21H,6-9,12H2,1-2H3. The van der Waals surface area contributed by atoms with E-state index in [0.717, 1.165) is 36.9 Å². The molecule has 1 atom stereocenters. The number of nitrogens with zero attached hydrogens (tertiary/aromatic N) is 3. The summed E-state index contributed by atoms with van der Waals surface area (Å²) in [6.45, 7) is 8.77. The molecule has 1 N–H and O–H groups in total. The van der Waals surface area contributed by atoms with Gasteiger partial charge in [0.15, 0.2) is 5.13 Å². The summed E-state index contributed by atoms with van der Waals surface area (Å²) in [5, 5.41) is 13.7. The highest BCUT2D eigenvalue weighted by molar-refractivity contribution is 7.13. The fraction of sp³-hybridized carbons (Fsp3) is 0.471. The minimum Gasteiger partial charge on any atom is -0.387 e. The van der Waals surface area contributed by atoms with Crippen molar-refractivity contribution in [2.45, 2.75) is 20.0 Å². The van der Waals surface area contributed by atoms with Gasteiger partial charge in [-0.1, -0.05) is 23.8 Å². The first-order valence-electron chi connectivity index (χ1n) is 7.75. The van der Waals surface area contributed by atoms with Gasteiger partial charge in [-0.2, -0.15) is 0 Å². The summed E-state index contributed by atoms with van der Waals surface area (Å²) in [6.07, 6.45) is 1.45. The number of hydrogen-bond acceptors (Lipinski definition) is 5. The third kappa shape index (κ3) is 3.48. The number of rotatable bonds is 4. The summed E-state index contributed by atoms with van der Waals surface area (Å²) in [7, 11) is 0. The summed E-state index contributed by atoms with van der Waals surface area (Å²) in [4.78, 5) is 9.04. The van der Waals surface area contributed by atoms with Crippen molar-refractivity contribution in [2.24, 2.45) is 0 Å². The summed E-state index contributed by atoms with van der Waals surface area (Å²) in [6, 6.07) is 6.27. The van der Waals surface area contributed by atoms with E-state index in [4.69, 9.17) is 0 Å². The maximum atomic E-state index is 10.5. The SMILES string of the molecule is Cc1ccc(C(O)CN2CCN(c3nccs3)CC2)c(C)c1. The van der Waals surface area contributed by atoms with Gasteiger partial charge in [-0.3, -0.25) is 4.90 Å². The highest BCUT2D eigenvalue weighted by atomic mass is 32.1. The van der Waals surface area contributed by atoms with Gasteiger partial charge in [0.05, 0.1) is 6.10 Å². The molecule has 0 radical (unpaired) electrons. The van der Waals surface area contributed by atoms with Crippen molar-refractivity contribution < 1.29 is 5.11 Å². The molecule has 1 aliphatic rings. The molecule has 1 saturated heterocycles. The zero-order valence-electron chi connectivity index (χ0n) is 13.2. The lowest BCUT2D eigenvalue weighted by molar-refractivity contribution is 0.109. The predicted molar refractivity (Wildman–Crippen MR) is 91.6 cm³/mol. The second-order valence-electron chi connectivity index (χ2n) is 5.98. The van der Waals surface area contributed by atoms with Crippen LogP contribution in [0.25, 0.3) is 0 Å². The molecule has 2 heterocycles. The van der Waals surface area contributed by atoms with E-state index in [1.807, 2.05) is 11.6 Å². The maximum Gasteiger partial charge on any atom is 0.185 e. The lowest BCUT2D eigenvalue weighted by Crippen LogP contribution is -2.47. The Kier molecular flexibility index (Phi) is 4.76. The molecular formula is C17H23N3OS. The molecule has 1 aliphatic heterocycles. The molecule has 0 bridgehead atoms. The fourth-order valence-corrected chi connectivity index (χ4v) is 3.73. The molecule has 1 unspecified atom stereocenters. The Balaban J connectivity index is 1.56. The number of aromatic nitrogens is 1. The molecule has 2 aromatic rings. The summed E-state index contributed by atoms with van der Waals surface area (Å²) < 4.78 is 0. The smallest absolute Gasteiger partial charge is 0.185 e. The predicted octanol–water partition coefficient (Wildman–Crippen LogP) is 2.62. The number of aliphatic hydroxyl groups excluding tert-OH is 1. The van der Waals surface area contributed by atoms with Crippen LogP contribution in [0.1, 0.15) is 22.8 Å². The lowest BCUT2D eigenvalue weighted by atomic mass is 10.0. The van der Waals surface area contributed by atoms with Gasteiger partial charge in [0.25, 0.3) is 0 Å². The Bertz CT molecular complexity index is 606. The molecule has 1 fully saturated rings. The summed E-state index contributed by atoms with van der Waals surface area (Å²) in [5.74, 6) is 0. The lowest BCUT2D eigenvalue weighted by Gasteiger charge is -2.35. The average Bonchev–Trinajstić information content (AvgIpc) is 3.02. The van der Waals surface area contributed by atoms with Crippen molar-refractivity contribution in [3.63, 3.8) is 0 Å². The molecule has 3 rings (SSSR count). The average molecular weight is 317 g/mol. The normalized spacial score (nSPS) is 17.7. The minimum atomic E-state index is -0.410. The highest BCUT2D eigenvalue weighted by Crippen LogP contribution is 2.22. The van der Waals surface area contributed by atoms with Crippen LogP contribution in [0.5, 0.6) is 0 Å². The molecule has 0 amide bonds. The first kappa shape index (κ1) is 15.5. The van der Waals surface area contributed by atoms with Crippen molar-refractivity contribution in [1.29, 1.82) is 0 Å². The Labute approximate surface area is 136 Å². The fourth-order valence-electron chi connectivity index (χ4n) is 3.04. The molecule has 0 aliphatic carbocycles. The van der Waals surface area contributed by atoms with Crippen LogP contribution in [-0.4, -0.2) is 47.7 Å². The van der Waals surface area contributed by atoms with Crippen LogP contribution in [-0.2, 0) is 0 Å². The number of benzene rings is 1. The molecule has 118 valence electrons. The van der Waals surface area contributed by atoms with E-state index in [9.17, 15) is 5.11 Å². The quantitative estimate of drug-likeness (QED) is 0.941. The molecule has 0 spiro atoms. The number of piperazine rings is 1. The largest absolute Gasteiger partial charge is 0.387 e. The van der Waals surface area contributed by atoms with Crippen LogP contribution >= 0.6 is 11.3 Å². The Hall–Kier alpha value is -1.43. The van der Waals surface area contributed by atoms with Gasteiger partial charge in [0.2, 0.25) is 0 Å². The summed E-state index contributed by atoms with van der Waals surface area (Å²) in [5.41, 5.74) is 3.47. The number of β-amino-alcohol motifs (C(OH)–C–C–N with tert-alkyl or cyclic N) is 1. The second kappa shape index (κ2) is 6.77. The second-order valence-corrected chi connectivity index (χ2v) is 6.85.